The highest BCUT2D eigenvalue weighted by Gasteiger charge is 2.38. The standard InChI is InChI=1S/C18H23N3O2/c22-17-2-1-7-20(17)10-13-3-5-14(6-4-13)18(23)21-11-15-8-19-9-16(15)12-21/h3-6,15-16,19H,1-2,7-12H2/t15-,16+. The molecule has 23 heavy (non-hydrogen) atoms. The van der Waals surface area contributed by atoms with Crippen molar-refractivity contribution in [1.82, 2.24) is 15.1 Å². The zero-order chi connectivity index (χ0) is 15.8. The Balaban J connectivity index is 1.39. The van der Waals surface area contributed by atoms with Crippen LogP contribution < -0.4 is 5.32 Å². The molecule has 3 fully saturated rings. The Kier molecular flexibility index (Phi) is 3.81. The number of likely N-dealkylation sites (tertiary alicyclic amines) is 2. The van der Waals surface area contributed by atoms with Crippen LogP contribution in [0.15, 0.2) is 24.3 Å². The molecule has 1 N–H and O–H groups in total. The first-order chi connectivity index (χ1) is 11.2. The normalized spacial score (nSPS) is 26.9. The number of carbonyl (C=O) groups excluding carboxylic acids is 2. The Morgan fingerprint density at radius 2 is 1.83 bits per heavy atom. The summed E-state index contributed by atoms with van der Waals surface area (Å²) < 4.78 is 0. The van der Waals surface area contributed by atoms with Crippen molar-refractivity contribution >= 4 is 11.8 Å². The number of hydrogen-bond acceptors (Lipinski definition) is 3. The Bertz CT molecular complexity index is 601. The van der Waals surface area contributed by atoms with Crippen LogP contribution in [0, 0.1) is 11.8 Å². The molecule has 3 aliphatic heterocycles. The Hall–Kier alpha value is -1.88. The summed E-state index contributed by atoms with van der Waals surface area (Å²) in [7, 11) is 0. The maximum absolute atomic E-state index is 12.6. The molecule has 0 radical (unpaired) electrons. The van der Waals surface area contributed by atoms with E-state index >= 15 is 0 Å². The highest BCUT2D eigenvalue weighted by Crippen LogP contribution is 2.27. The highest BCUT2D eigenvalue weighted by molar-refractivity contribution is 5.94. The van der Waals surface area contributed by atoms with Crippen LogP contribution >= 0.6 is 0 Å². The Morgan fingerprint density at radius 1 is 1.13 bits per heavy atom. The minimum atomic E-state index is 0.142. The largest absolute Gasteiger partial charge is 0.338 e. The first kappa shape index (κ1) is 14.7. The Labute approximate surface area is 136 Å². The van der Waals surface area contributed by atoms with Crippen LogP contribution in [-0.4, -0.2) is 54.3 Å². The fourth-order valence-corrected chi connectivity index (χ4v) is 4.05. The average Bonchev–Trinajstić information content (AvgIpc) is 3.24. The van der Waals surface area contributed by atoms with Gasteiger partial charge in [-0.15, -0.1) is 0 Å². The van der Waals surface area contributed by atoms with Gasteiger partial charge in [0.05, 0.1) is 0 Å². The van der Waals surface area contributed by atoms with Crippen LogP contribution in [0.1, 0.15) is 28.8 Å². The third kappa shape index (κ3) is 2.85. The van der Waals surface area contributed by atoms with Gasteiger partial charge in [-0.2, -0.15) is 0 Å². The number of nitrogens with one attached hydrogen (secondary N) is 1. The zero-order valence-electron chi connectivity index (χ0n) is 13.3. The van der Waals surface area contributed by atoms with E-state index in [2.05, 4.69) is 5.32 Å². The maximum Gasteiger partial charge on any atom is 0.253 e. The van der Waals surface area contributed by atoms with Gasteiger partial charge in [0.2, 0.25) is 5.91 Å². The molecule has 3 heterocycles. The molecule has 0 unspecified atom stereocenters. The molecule has 122 valence electrons. The number of rotatable bonds is 3. The fraction of sp³-hybridized carbons (Fsp3) is 0.556. The summed E-state index contributed by atoms with van der Waals surface area (Å²) in [5.74, 6) is 1.63. The van der Waals surface area contributed by atoms with E-state index in [9.17, 15) is 9.59 Å². The van der Waals surface area contributed by atoms with Crippen molar-refractivity contribution in [3.05, 3.63) is 35.4 Å². The van der Waals surface area contributed by atoms with E-state index in [-0.39, 0.29) is 11.8 Å². The lowest BCUT2D eigenvalue weighted by molar-refractivity contribution is -0.128. The topological polar surface area (TPSA) is 52.7 Å². The van der Waals surface area contributed by atoms with E-state index in [0.717, 1.165) is 50.3 Å². The summed E-state index contributed by atoms with van der Waals surface area (Å²) in [5, 5.41) is 3.40. The lowest BCUT2D eigenvalue weighted by Gasteiger charge is -2.18. The molecule has 5 nitrogen and oxygen atoms in total. The van der Waals surface area contributed by atoms with Crippen LogP contribution in [0.4, 0.5) is 0 Å². The van der Waals surface area contributed by atoms with E-state index in [0.29, 0.717) is 24.8 Å². The van der Waals surface area contributed by atoms with Gasteiger partial charge < -0.3 is 15.1 Å². The van der Waals surface area contributed by atoms with Gasteiger partial charge in [-0.1, -0.05) is 12.1 Å². The van der Waals surface area contributed by atoms with Crippen LogP contribution in [0.5, 0.6) is 0 Å². The molecule has 0 bridgehead atoms. The maximum atomic E-state index is 12.6. The van der Waals surface area contributed by atoms with Gasteiger partial charge in [0.1, 0.15) is 0 Å². The SMILES string of the molecule is O=C1CCCN1Cc1ccc(C(=O)N2C[C@H]3CNC[C@H]3C2)cc1. The van der Waals surface area contributed by atoms with Gasteiger partial charge in [0.25, 0.3) is 5.91 Å². The summed E-state index contributed by atoms with van der Waals surface area (Å²) in [6.45, 7) is 5.34. The Morgan fingerprint density at radius 3 is 2.43 bits per heavy atom. The van der Waals surface area contributed by atoms with E-state index < -0.39 is 0 Å². The second-order valence-electron chi connectivity index (χ2n) is 7.00. The molecule has 0 aliphatic carbocycles. The van der Waals surface area contributed by atoms with Gasteiger partial charge in [-0.3, -0.25) is 9.59 Å². The smallest absolute Gasteiger partial charge is 0.253 e. The number of fused-ring (bicyclic) bond motifs is 1. The van der Waals surface area contributed by atoms with Crippen molar-refractivity contribution < 1.29 is 9.59 Å². The van der Waals surface area contributed by atoms with Crippen LogP contribution in [-0.2, 0) is 11.3 Å². The molecule has 4 rings (SSSR count). The average molecular weight is 313 g/mol. The molecule has 0 aromatic heterocycles. The zero-order valence-corrected chi connectivity index (χ0v) is 13.3. The van der Waals surface area contributed by atoms with Crippen molar-refractivity contribution in [2.45, 2.75) is 19.4 Å². The number of nitrogens with zero attached hydrogens (tertiary/aromatic N) is 2. The molecule has 3 aliphatic rings. The van der Waals surface area contributed by atoms with E-state index in [1.54, 1.807) is 0 Å². The minimum Gasteiger partial charge on any atom is -0.338 e. The van der Waals surface area contributed by atoms with Gasteiger partial charge in [-0.05, 0) is 36.0 Å². The monoisotopic (exact) mass is 313 g/mol. The van der Waals surface area contributed by atoms with E-state index in [1.807, 2.05) is 34.1 Å². The molecule has 2 atom stereocenters. The lowest BCUT2D eigenvalue weighted by Crippen LogP contribution is -2.31. The molecule has 1 aromatic rings. The molecule has 0 saturated carbocycles. The molecule has 2 amide bonds. The second kappa shape index (κ2) is 5.96. The molecule has 5 heteroatoms. The fourth-order valence-electron chi connectivity index (χ4n) is 4.05. The summed E-state index contributed by atoms with van der Waals surface area (Å²) in [4.78, 5) is 28.2. The molecule has 3 saturated heterocycles. The molecular weight excluding hydrogens is 290 g/mol. The summed E-state index contributed by atoms with van der Waals surface area (Å²) in [6.07, 6.45) is 1.63. The molecular formula is C18H23N3O2. The van der Waals surface area contributed by atoms with E-state index in [4.69, 9.17) is 0 Å². The van der Waals surface area contributed by atoms with Gasteiger partial charge in [0.15, 0.2) is 0 Å². The first-order valence-corrected chi connectivity index (χ1v) is 8.57. The molecule has 0 spiro atoms. The highest BCUT2D eigenvalue weighted by atomic mass is 16.2. The number of carbonyl (C=O) groups is 2. The van der Waals surface area contributed by atoms with Crippen molar-refractivity contribution in [3.8, 4) is 0 Å². The number of benzene rings is 1. The van der Waals surface area contributed by atoms with Crippen molar-refractivity contribution in [2.24, 2.45) is 11.8 Å². The molecule has 1 aromatic carbocycles. The quantitative estimate of drug-likeness (QED) is 0.909. The summed E-state index contributed by atoms with van der Waals surface area (Å²) in [5.41, 5.74) is 1.86. The van der Waals surface area contributed by atoms with Crippen LogP contribution in [0.2, 0.25) is 0 Å². The van der Waals surface area contributed by atoms with Crippen LogP contribution in [0.25, 0.3) is 0 Å². The third-order valence-corrected chi connectivity index (χ3v) is 5.42. The summed E-state index contributed by atoms with van der Waals surface area (Å²) >= 11 is 0. The van der Waals surface area contributed by atoms with Crippen molar-refractivity contribution in [3.63, 3.8) is 0 Å². The third-order valence-electron chi connectivity index (χ3n) is 5.42. The first-order valence-electron chi connectivity index (χ1n) is 8.57. The van der Waals surface area contributed by atoms with Gasteiger partial charge >= 0.3 is 0 Å². The number of amides is 2. The van der Waals surface area contributed by atoms with Crippen molar-refractivity contribution in [2.75, 3.05) is 32.7 Å². The van der Waals surface area contributed by atoms with Gasteiger partial charge in [-0.25, -0.2) is 0 Å². The predicted octanol–water partition coefficient (Wildman–Crippen LogP) is 1.10. The van der Waals surface area contributed by atoms with E-state index in [1.165, 1.54) is 0 Å². The van der Waals surface area contributed by atoms with Crippen molar-refractivity contribution in [1.29, 1.82) is 0 Å². The predicted molar refractivity (Wildman–Crippen MR) is 86.8 cm³/mol. The van der Waals surface area contributed by atoms with Gasteiger partial charge in [0, 0.05) is 51.3 Å². The minimum absolute atomic E-state index is 0.142. The summed E-state index contributed by atoms with van der Waals surface area (Å²) in [6, 6.07) is 7.78. The lowest BCUT2D eigenvalue weighted by atomic mass is 10.0. The van der Waals surface area contributed by atoms with Crippen LogP contribution in [0.3, 0.4) is 0 Å². The second-order valence-corrected chi connectivity index (χ2v) is 7.00. The number of hydrogen-bond donors (Lipinski definition) is 1.